The number of esters is 1. The Kier molecular flexibility index (Phi) is 6.41. The SMILES string of the molecule is CCOC(=O)c1cnn(-c2cccc(NC(=O)CN3C(=O)N(C)C4(CCCCC4)C3=O)c2)c1C. The minimum absolute atomic E-state index is 0.268. The van der Waals surface area contributed by atoms with Crippen LogP contribution < -0.4 is 5.32 Å². The van der Waals surface area contributed by atoms with Crippen molar-refractivity contribution in [3.8, 4) is 5.69 Å². The van der Waals surface area contributed by atoms with Gasteiger partial charge in [0.1, 0.15) is 17.6 Å². The number of nitrogens with one attached hydrogen (secondary N) is 1. The number of carbonyl (C=O) groups is 4. The first-order valence-electron chi connectivity index (χ1n) is 11.5. The molecule has 0 atom stereocenters. The monoisotopic (exact) mass is 467 g/mol. The van der Waals surface area contributed by atoms with Gasteiger partial charge in [-0.05, 0) is 44.9 Å². The molecule has 10 nitrogen and oxygen atoms in total. The van der Waals surface area contributed by atoms with E-state index in [0.29, 0.717) is 35.5 Å². The second-order valence-electron chi connectivity index (χ2n) is 8.70. The summed E-state index contributed by atoms with van der Waals surface area (Å²) in [6.07, 6.45) is 5.53. The van der Waals surface area contributed by atoms with Crippen LogP contribution in [0.1, 0.15) is 55.1 Å². The number of anilines is 1. The predicted octanol–water partition coefficient (Wildman–Crippen LogP) is 2.89. The molecule has 180 valence electrons. The van der Waals surface area contributed by atoms with E-state index < -0.39 is 23.4 Å². The number of hydrogen-bond acceptors (Lipinski definition) is 6. The number of imide groups is 1. The molecule has 2 heterocycles. The molecule has 1 saturated heterocycles. The van der Waals surface area contributed by atoms with Gasteiger partial charge in [-0.1, -0.05) is 25.3 Å². The average molecular weight is 468 g/mol. The largest absolute Gasteiger partial charge is 0.462 e. The Hall–Kier alpha value is -3.69. The highest BCUT2D eigenvalue weighted by atomic mass is 16.5. The van der Waals surface area contributed by atoms with Crippen LogP contribution in [0.25, 0.3) is 5.69 Å². The molecular formula is C24H29N5O5. The van der Waals surface area contributed by atoms with Gasteiger partial charge in [0.2, 0.25) is 5.91 Å². The fraction of sp³-hybridized carbons (Fsp3) is 0.458. The van der Waals surface area contributed by atoms with Crippen LogP contribution >= 0.6 is 0 Å². The Morgan fingerprint density at radius 1 is 1.18 bits per heavy atom. The summed E-state index contributed by atoms with van der Waals surface area (Å²) in [5.41, 5.74) is 1.28. The zero-order valence-corrected chi connectivity index (χ0v) is 19.7. The summed E-state index contributed by atoms with van der Waals surface area (Å²) in [6, 6.07) is 6.51. The molecule has 2 aromatic rings. The highest BCUT2D eigenvalue weighted by Gasteiger charge is 2.55. The van der Waals surface area contributed by atoms with Crippen molar-refractivity contribution in [1.82, 2.24) is 19.6 Å². The first kappa shape index (κ1) is 23.5. The summed E-state index contributed by atoms with van der Waals surface area (Å²) in [5, 5.41) is 7.03. The summed E-state index contributed by atoms with van der Waals surface area (Å²) < 4.78 is 6.63. The fourth-order valence-corrected chi connectivity index (χ4v) is 4.81. The first-order valence-corrected chi connectivity index (χ1v) is 11.5. The van der Waals surface area contributed by atoms with Crippen LogP contribution in [0.4, 0.5) is 10.5 Å². The summed E-state index contributed by atoms with van der Waals surface area (Å²) in [4.78, 5) is 53.3. The summed E-state index contributed by atoms with van der Waals surface area (Å²) >= 11 is 0. The van der Waals surface area contributed by atoms with Gasteiger partial charge in [0.05, 0.1) is 24.2 Å². The van der Waals surface area contributed by atoms with Crippen molar-refractivity contribution in [1.29, 1.82) is 0 Å². The summed E-state index contributed by atoms with van der Waals surface area (Å²) in [7, 11) is 1.64. The van der Waals surface area contributed by atoms with Crippen molar-refractivity contribution >= 4 is 29.5 Å². The Morgan fingerprint density at radius 2 is 1.91 bits per heavy atom. The van der Waals surface area contributed by atoms with Gasteiger partial charge in [-0.2, -0.15) is 5.10 Å². The molecule has 34 heavy (non-hydrogen) atoms. The highest BCUT2D eigenvalue weighted by Crippen LogP contribution is 2.39. The zero-order chi connectivity index (χ0) is 24.5. The lowest BCUT2D eigenvalue weighted by Gasteiger charge is -2.35. The fourth-order valence-electron chi connectivity index (χ4n) is 4.81. The van der Waals surface area contributed by atoms with Gasteiger partial charge in [0, 0.05) is 12.7 Å². The summed E-state index contributed by atoms with van der Waals surface area (Å²) in [5.74, 6) is -1.21. The molecule has 1 spiro atoms. The zero-order valence-electron chi connectivity index (χ0n) is 19.7. The van der Waals surface area contributed by atoms with Gasteiger partial charge in [-0.15, -0.1) is 0 Å². The minimum atomic E-state index is -0.816. The molecule has 4 amide bonds. The lowest BCUT2D eigenvalue weighted by atomic mass is 9.81. The molecule has 1 N–H and O–H groups in total. The van der Waals surface area contributed by atoms with E-state index in [1.165, 1.54) is 11.1 Å². The highest BCUT2D eigenvalue weighted by molar-refractivity contribution is 6.10. The number of urea groups is 1. The van der Waals surface area contributed by atoms with E-state index >= 15 is 0 Å². The number of benzene rings is 1. The molecule has 1 aliphatic carbocycles. The van der Waals surface area contributed by atoms with Crippen molar-refractivity contribution in [3.05, 3.63) is 41.7 Å². The number of likely N-dealkylation sites (N-methyl/N-ethyl adjacent to an activating group) is 1. The van der Waals surface area contributed by atoms with Crippen LogP contribution in [0.2, 0.25) is 0 Å². The van der Waals surface area contributed by atoms with Crippen LogP contribution in [0.3, 0.4) is 0 Å². The van der Waals surface area contributed by atoms with Crippen LogP contribution in [0.5, 0.6) is 0 Å². The molecule has 10 heteroatoms. The van der Waals surface area contributed by atoms with Crippen LogP contribution in [-0.2, 0) is 14.3 Å². The molecular weight excluding hydrogens is 438 g/mol. The molecule has 0 radical (unpaired) electrons. The molecule has 2 aliphatic rings. The maximum atomic E-state index is 13.1. The van der Waals surface area contributed by atoms with E-state index in [4.69, 9.17) is 4.74 Å². The van der Waals surface area contributed by atoms with E-state index in [9.17, 15) is 19.2 Å². The Balaban J connectivity index is 1.47. The quantitative estimate of drug-likeness (QED) is 0.516. The first-order chi connectivity index (χ1) is 16.3. The molecule has 1 aromatic heterocycles. The molecule has 4 rings (SSSR count). The molecule has 2 fully saturated rings. The van der Waals surface area contributed by atoms with Gasteiger partial charge in [0.25, 0.3) is 5.91 Å². The second kappa shape index (κ2) is 9.28. The normalized spacial score (nSPS) is 17.4. The lowest BCUT2D eigenvalue weighted by Crippen LogP contribution is -2.49. The molecule has 0 unspecified atom stereocenters. The van der Waals surface area contributed by atoms with Crippen molar-refractivity contribution < 1.29 is 23.9 Å². The lowest BCUT2D eigenvalue weighted by molar-refractivity contribution is -0.136. The average Bonchev–Trinajstić information content (AvgIpc) is 3.29. The van der Waals surface area contributed by atoms with Crippen LogP contribution in [-0.4, -0.2) is 69.1 Å². The van der Waals surface area contributed by atoms with E-state index in [2.05, 4.69) is 10.4 Å². The number of amides is 4. The number of nitrogens with zero attached hydrogens (tertiary/aromatic N) is 4. The number of ether oxygens (including phenoxy) is 1. The van der Waals surface area contributed by atoms with E-state index in [1.807, 2.05) is 0 Å². The Labute approximate surface area is 197 Å². The van der Waals surface area contributed by atoms with Gasteiger partial charge in [0.15, 0.2) is 0 Å². The van der Waals surface area contributed by atoms with Crippen molar-refractivity contribution in [2.24, 2.45) is 0 Å². The Bertz CT molecular complexity index is 1130. The number of hydrogen-bond donors (Lipinski definition) is 1. The maximum absolute atomic E-state index is 13.1. The summed E-state index contributed by atoms with van der Waals surface area (Å²) in [6.45, 7) is 3.42. The Morgan fingerprint density at radius 3 is 2.62 bits per heavy atom. The minimum Gasteiger partial charge on any atom is -0.462 e. The third-order valence-electron chi connectivity index (χ3n) is 6.67. The van der Waals surface area contributed by atoms with Gasteiger partial charge in [-0.25, -0.2) is 14.3 Å². The van der Waals surface area contributed by atoms with Crippen molar-refractivity contribution in [3.63, 3.8) is 0 Å². The molecule has 1 aromatic carbocycles. The van der Waals surface area contributed by atoms with Crippen molar-refractivity contribution in [2.45, 2.75) is 51.5 Å². The van der Waals surface area contributed by atoms with Crippen LogP contribution in [0.15, 0.2) is 30.5 Å². The third kappa shape index (κ3) is 4.04. The molecule has 1 aliphatic heterocycles. The van der Waals surface area contributed by atoms with Gasteiger partial charge >= 0.3 is 12.0 Å². The number of rotatable bonds is 6. The van der Waals surface area contributed by atoms with E-state index in [1.54, 1.807) is 49.8 Å². The third-order valence-corrected chi connectivity index (χ3v) is 6.67. The van der Waals surface area contributed by atoms with Gasteiger partial charge in [-0.3, -0.25) is 14.5 Å². The number of aromatic nitrogens is 2. The van der Waals surface area contributed by atoms with Crippen molar-refractivity contribution in [2.75, 3.05) is 25.5 Å². The van der Waals surface area contributed by atoms with Crippen LogP contribution in [0, 0.1) is 6.92 Å². The maximum Gasteiger partial charge on any atom is 0.341 e. The smallest absolute Gasteiger partial charge is 0.341 e. The predicted molar refractivity (Wildman–Crippen MR) is 124 cm³/mol. The van der Waals surface area contributed by atoms with E-state index in [0.717, 1.165) is 24.2 Å². The molecule has 0 bridgehead atoms. The molecule has 1 saturated carbocycles. The topological polar surface area (TPSA) is 114 Å². The number of carbonyl (C=O) groups excluding carboxylic acids is 4. The standard InChI is InChI=1S/C24H29N5O5/c1-4-34-21(31)19-14-25-29(16(19)2)18-10-8-9-17(13-18)26-20(30)15-28-22(32)24(27(3)23(28)33)11-6-5-7-12-24/h8-10,13-14H,4-7,11-12,15H2,1-3H3,(H,26,30). The van der Waals surface area contributed by atoms with Gasteiger partial charge < -0.3 is 15.0 Å². The second-order valence-corrected chi connectivity index (χ2v) is 8.70. The van der Waals surface area contributed by atoms with E-state index in [-0.39, 0.29) is 19.1 Å².